The zero-order valence-corrected chi connectivity index (χ0v) is 11.4. The van der Waals surface area contributed by atoms with Gasteiger partial charge in [-0.1, -0.05) is 6.92 Å². The zero-order chi connectivity index (χ0) is 12.8. The topological polar surface area (TPSA) is 20.3 Å². The van der Waals surface area contributed by atoms with Crippen molar-refractivity contribution in [2.45, 2.75) is 45.6 Å². The van der Waals surface area contributed by atoms with Crippen LogP contribution in [0.4, 0.5) is 5.69 Å². The first-order valence-corrected chi connectivity index (χ1v) is 6.20. The fraction of sp³-hybridized carbons (Fsp3) is 0.533. The summed E-state index contributed by atoms with van der Waals surface area (Å²) in [4.78, 5) is 13.4. The number of benzene rings is 1. The van der Waals surface area contributed by atoms with Crippen LogP contribution >= 0.6 is 0 Å². The molecule has 0 aliphatic carbocycles. The third-order valence-corrected chi connectivity index (χ3v) is 4.15. The number of rotatable bonds is 1. The molecule has 0 bridgehead atoms. The lowest BCUT2D eigenvalue weighted by atomic mass is 9.79. The molecule has 2 nitrogen and oxygen atoms in total. The second kappa shape index (κ2) is 3.86. The van der Waals surface area contributed by atoms with E-state index in [9.17, 15) is 4.79 Å². The van der Waals surface area contributed by atoms with Gasteiger partial charge in [-0.2, -0.15) is 0 Å². The number of hydrogen-bond donors (Lipinski definition) is 0. The van der Waals surface area contributed by atoms with Gasteiger partial charge in [-0.3, -0.25) is 4.79 Å². The van der Waals surface area contributed by atoms with Gasteiger partial charge in [-0.25, -0.2) is 0 Å². The van der Waals surface area contributed by atoms with Gasteiger partial charge in [0, 0.05) is 23.8 Å². The Balaban J connectivity index is 2.61. The maximum Gasteiger partial charge on any atom is 0.150 e. The Kier molecular flexibility index (Phi) is 2.76. The third kappa shape index (κ3) is 1.86. The Bertz CT molecular complexity index is 462. The molecule has 1 aliphatic heterocycles. The van der Waals surface area contributed by atoms with Gasteiger partial charge in [0.25, 0.3) is 0 Å². The molecule has 1 aromatic carbocycles. The first kappa shape index (κ1) is 12.2. The lowest BCUT2D eigenvalue weighted by Crippen LogP contribution is -2.45. The summed E-state index contributed by atoms with van der Waals surface area (Å²) in [6, 6.07) is 4.21. The van der Waals surface area contributed by atoms with Crippen LogP contribution < -0.4 is 4.90 Å². The molecule has 0 saturated carbocycles. The third-order valence-electron chi connectivity index (χ3n) is 4.15. The molecule has 1 unspecified atom stereocenters. The Labute approximate surface area is 104 Å². The summed E-state index contributed by atoms with van der Waals surface area (Å²) in [6.07, 6.45) is 2.08. The van der Waals surface area contributed by atoms with Crippen LogP contribution in [0.3, 0.4) is 0 Å². The van der Waals surface area contributed by atoms with Gasteiger partial charge in [0.1, 0.15) is 6.29 Å². The standard InChI is InChI=1S/C15H21NO/c1-10-6-14-13(7-12(10)9-17)11(2)8-15(3,4)16(14)5/h6-7,9,11H,8H2,1-5H3. The predicted octanol–water partition coefficient (Wildman–Crippen LogP) is 3.53. The Morgan fingerprint density at radius 3 is 2.65 bits per heavy atom. The zero-order valence-electron chi connectivity index (χ0n) is 11.4. The average molecular weight is 231 g/mol. The van der Waals surface area contributed by atoms with Gasteiger partial charge in [0.2, 0.25) is 0 Å². The van der Waals surface area contributed by atoms with E-state index < -0.39 is 0 Å². The lowest BCUT2D eigenvalue weighted by molar-refractivity contribution is 0.112. The molecule has 2 rings (SSSR count). The highest BCUT2D eigenvalue weighted by atomic mass is 16.1. The largest absolute Gasteiger partial charge is 0.369 e. The van der Waals surface area contributed by atoms with Crippen molar-refractivity contribution in [3.05, 3.63) is 28.8 Å². The second-order valence-electron chi connectivity index (χ2n) is 5.86. The minimum Gasteiger partial charge on any atom is -0.369 e. The predicted molar refractivity (Wildman–Crippen MR) is 72.1 cm³/mol. The number of carbonyl (C=O) groups excluding carboxylic acids is 1. The monoisotopic (exact) mass is 231 g/mol. The Morgan fingerprint density at radius 1 is 1.41 bits per heavy atom. The molecule has 1 atom stereocenters. The smallest absolute Gasteiger partial charge is 0.150 e. The van der Waals surface area contributed by atoms with Crippen molar-refractivity contribution in [1.82, 2.24) is 0 Å². The first-order chi connectivity index (χ1) is 7.86. The molecule has 0 saturated heterocycles. The van der Waals surface area contributed by atoms with E-state index in [0.717, 1.165) is 23.8 Å². The quantitative estimate of drug-likeness (QED) is 0.689. The SMILES string of the molecule is Cc1cc2c(cc1C=O)C(C)CC(C)(C)N2C. The van der Waals surface area contributed by atoms with Crippen LogP contribution in [-0.4, -0.2) is 18.9 Å². The molecule has 92 valence electrons. The summed E-state index contributed by atoms with van der Waals surface area (Å²) < 4.78 is 0. The highest BCUT2D eigenvalue weighted by Crippen LogP contribution is 2.43. The molecule has 0 amide bonds. The maximum atomic E-state index is 11.0. The highest BCUT2D eigenvalue weighted by molar-refractivity contribution is 5.80. The van der Waals surface area contributed by atoms with Gasteiger partial charge in [-0.05, 0) is 56.4 Å². The number of carbonyl (C=O) groups is 1. The summed E-state index contributed by atoms with van der Waals surface area (Å²) in [7, 11) is 2.14. The minimum atomic E-state index is 0.182. The lowest BCUT2D eigenvalue weighted by Gasteiger charge is -2.45. The van der Waals surface area contributed by atoms with Crippen LogP contribution in [0.25, 0.3) is 0 Å². The number of aryl methyl sites for hydroxylation is 1. The summed E-state index contributed by atoms with van der Waals surface area (Å²) in [5, 5.41) is 0. The normalized spacial score (nSPS) is 22.2. The van der Waals surface area contributed by atoms with Crippen molar-refractivity contribution in [3.8, 4) is 0 Å². The van der Waals surface area contributed by atoms with Crippen LogP contribution in [0.15, 0.2) is 12.1 Å². The van der Waals surface area contributed by atoms with Crippen LogP contribution in [-0.2, 0) is 0 Å². The van der Waals surface area contributed by atoms with Crippen LogP contribution in [0.5, 0.6) is 0 Å². The van der Waals surface area contributed by atoms with E-state index in [-0.39, 0.29) is 5.54 Å². The van der Waals surface area contributed by atoms with E-state index in [1.807, 2.05) is 6.92 Å². The van der Waals surface area contributed by atoms with Gasteiger partial charge in [-0.15, -0.1) is 0 Å². The molecule has 17 heavy (non-hydrogen) atoms. The van der Waals surface area contributed by atoms with Gasteiger partial charge in [0.15, 0.2) is 0 Å². The summed E-state index contributed by atoms with van der Waals surface area (Å²) >= 11 is 0. The van der Waals surface area contributed by atoms with Crippen molar-refractivity contribution in [2.24, 2.45) is 0 Å². The molecule has 0 N–H and O–H groups in total. The molecule has 0 radical (unpaired) electrons. The molecule has 0 spiro atoms. The van der Waals surface area contributed by atoms with Crippen molar-refractivity contribution in [1.29, 1.82) is 0 Å². The van der Waals surface area contributed by atoms with Gasteiger partial charge < -0.3 is 4.90 Å². The first-order valence-electron chi connectivity index (χ1n) is 6.20. The molecule has 2 heteroatoms. The fourth-order valence-corrected chi connectivity index (χ4v) is 2.86. The summed E-state index contributed by atoms with van der Waals surface area (Å²) in [6.45, 7) is 8.80. The van der Waals surface area contributed by atoms with Crippen molar-refractivity contribution < 1.29 is 4.79 Å². The Morgan fingerprint density at radius 2 is 2.06 bits per heavy atom. The second-order valence-corrected chi connectivity index (χ2v) is 5.86. The molecule has 1 aromatic rings. The number of nitrogens with zero attached hydrogens (tertiary/aromatic N) is 1. The molecule has 0 fully saturated rings. The van der Waals surface area contributed by atoms with E-state index in [1.54, 1.807) is 0 Å². The molecule has 0 aromatic heterocycles. The number of anilines is 1. The van der Waals surface area contributed by atoms with Gasteiger partial charge in [0.05, 0.1) is 0 Å². The summed E-state index contributed by atoms with van der Waals surface area (Å²) in [5.74, 6) is 0.510. The van der Waals surface area contributed by atoms with E-state index in [0.29, 0.717) is 5.92 Å². The van der Waals surface area contributed by atoms with Gasteiger partial charge >= 0.3 is 0 Å². The van der Waals surface area contributed by atoms with Crippen molar-refractivity contribution in [3.63, 3.8) is 0 Å². The molecule has 1 heterocycles. The fourth-order valence-electron chi connectivity index (χ4n) is 2.86. The number of hydrogen-bond acceptors (Lipinski definition) is 2. The molecular formula is C15H21NO. The summed E-state index contributed by atoms with van der Waals surface area (Å²) in [5.41, 5.74) is 4.65. The van der Waals surface area contributed by atoms with E-state index >= 15 is 0 Å². The van der Waals surface area contributed by atoms with Crippen molar-refractivity contribution in [2.75, 3.05) is 11.9 Å². The van der Waals surface area contributed by atoms with E-state index in [4.69, 9.17) is 0 Å². The maximum absolute atomic E-state index is 11.0. The average Bonchev–Trinajstić information content (AvgIpc) is 2.25. The number of aldehydes is 1. The Hall–Kier alpha value is -1.31. The van der Waals surface area contributed by atoms with E-state index in [1.165, 1.54) is 11.3 Å². The van der Waals surface area contributed by atoms with Crippen LogP contribution in [0.2, 0.25) is 0 Å². The highest BCUT2D eigenvalue weighted by Gasteiger charge is 2.34. The van der Waals surface area contributed by atoms with Crippen molar-refractivity contribution >= 4 is 12.0 Å². The molecule has 1 aliphatic rings. The minimum absolute atomic E-state index is 0.182. The van der Waals surface area contributed by atoms with E-state index in [2.05, 4.69) is 44.9 Å². The van der Waals surface area contributed by atoms with Crippen LogP contribution in [0.1, 0.15) is 54.6 Å². The molecular weight excluding hydrogens is 210 g/mol. The number of fused-ring (bicyclic) bond motifs is 1. The van der Waals surface area contributed by atoms with Crippen LogP contribution in [0, 0.1) is 6.92 Å².